The molecule has 0 aromatic rings. The highest BCUT2D eigenvalue weighted by molar-refractivity contribution is 4.66. The van der Waals surface area contributed by atoms with Crippen LogP contribution in [0.2, 0.25) is 0 Å². The van der Waals surface area contributed by atoms with E-state index in [4.69, 9.17) is 0 Å². The van der Waals surface area contributed by atoms with Crippen molar-refractivity contribution in [2.24, 2.45) is 0 Å². The standard InChI is InChI=1S/C5H10FN.2C2H6/c6-5-2-1-3-7-4-5;2*1-2/h5,7H,1-4H2;2*1-2H3. The molecule has 1 aliphatic heterocycles. The summed E-state index contributed by atoms with van der Waals surface area (Å²) in [5.74, 6) is 0. The molecule has 0 aromatic carbocycles. The van der Waals surface area contributed by atoms with Gasteiger partial charge in [-0.05, 0) is 19.4 Å². The zero-order valence-electron chi connectivity index (χ0n) is 8.28. The molecule has 2 heteroatoms. The van der Waals surface area contributed by atoms with Crippen molar-refractivity contribution in [3.8, 4) is 0 Å². The van der Waals surface area contributed by atoms with Gasteiger partial charge in [-0.1, -0.05) is 27.7 Å². The second kappa shape index (κ2) is 12.6. The first-order valence-corrected chi connectivity index (χ1v) is 4.74. The van der Waals surface area contributed by atoms with Gasteiger partial charge < -0.3 is 5.32 Å². The Bertz CT molecular complexity index is 51.5. The molecule has 0 saturated carbocycles. The van der Waals surface area contributed by atoms with Crippen molar-refractivity contribution in [2.75, 3.05) is 13.1 Å². The fourth-order valence-corrected chi connectivity index (χ4v) is 0.809. The minimum absolute atomic E-state index is 0.569. The molecule has 1 unspecified atom stereocenters. The van der Waals surface area contributed by atoms with Crippen LogP contribution in [0.1, 0.15) is 40.5 Å². The van der Waals surface area contributed by atoms with E-state index in [2.05, 4.69) is 5.32 Å². The number of halogens is 1. The van der Waals surface area contributed by atoms with Gasteiger partial charge in [0, 0.05) is 6.54 Å². The Kier molecular flexibility index (Phi) is 15.4. The highest BCUT2D eigenvalue weighted by atomic mass is 19.1. The molecule has 1 saturated heterocycles. The molecule has 1 atom stereocenters. The summed E-state index contributed by atoms with van der Waals surface area (Å²) >= 11 is 0. The Labute approximate surface area is 70.4 Å². The average molecular weight is 163 g/mol. The van der Waals surface area contributed by atoms with E-state index in [0.29, 0.717) is 6.54 Å². The van der Waals surface area contributed by atoms with Gasteiger partial charge in [0.2, 0.25) is 0 Å². The molecule has 0 aliphatic carbocycles. The van der Waals surface area contributed by atoms with Crippen molar-refractivity contribution in [3.63, 3.8) is 0 Å². The predicted octanol–water partition coefficient (Wildman–Crippen LogP) is 2.76. The molecule has 11 heavy (non-hydrogen) atoms. The number of hydrogen-bond acceptors (Lipinski definition) is 1. The summed E-state index contributed by atoms with van der Waals surface area (Å²) in [4.78, 5) is 0. The van der Waals surface area contributed by atoms with Crippen LogP contribution >= 0.6 is 0 Å². The lowest BCUT2D eigenvalue weighted by atomic mass is 10.1. The third kappa shape index (κ3) is 9.89. The lowest BCUT2D eigenvalue weighted by Gasteiger charge is -2.14. The van der Waals surface area contributed by atoms with Crippen LogP contribution in [0.5, 0.6) is 0 Å². The summed E-state index contributed by atoms with van der Waals surface area (Å²) in [5.41, 5.74) is 0. The van der Waals surface area contributed by atoms with E-state index in [0.717, 1.165) is 19.4 Å². The third-order valence-electron chi connectivity index (χ3n) is 1.24. The number of piperidine rings is 1. The number of rotatable bonds is 0. The summed E-state index contributed by atoms with van der Waals surface area (Å²) in [5, 5.41) is 2.96. The fourth-order valence-electron chi connectivity index (χ4n) is 0.809. The molecule has 1 fully saturated rings. The molecule has 0 aromatic heterocycles. The summed E-state index contributed by atoms with van der Waals surface area (Å²) in [6, 6.07) is 0. The van der Waals surface area contributed by atoms with Gasteiger partial charge in [-0.25, -0.2) is 4.39 Å². The molecule has 1 nitrogen and oxygen atoms in total. The molecule has 1 heterocycles. The first kappa shape index (κ1) is 13.5. The van der Waals surface area contributed by atoms with E-state index < -0.39 is 6.17 Å². The molecule has 0 spiro atoms. The van der Waals surface area contributed by atoms with Crippen LogP contribution in [0, 0.1) is 0 Å². The maximum Gasteiger partial charge on any atom is 0.113 e. The predicted molar refractivity (Wildman–Crippen MR) is 49.7 cm³/mol. The van der Waals surface area contributed by atoms with E-state index in [-0.39, 0.29) is 0 Å². The summed E-state index contributed by atoms with van der Waals surface area (Å²) in [6.45, 7) is 9.57. The Morgan fingerprint density at radius 2 is 1.73 bits per heavy atom. The number of nitrogens with one attached hydrogen (secondary N) is 1. The Morgan fingerprint density at radius 3 is 1.91 bits per heavy atom. The smallest absolute Gasteiger partial charge is 0.113 e. The van der Waals surface area contributed by atoms with Crippen LogP contribution in [0.15, 0.2) is 0 Å². The van der Waals surface area contributed by atoms with Crippen molar-refractivity contribution in [2.45, 2.75) is 46.7 Å². The van der Waals surface area contributed by atoms with Crippen LogP contribution in [0.25, 0.3) is 0 Å². The zero-order chi connectivity index (χ0) is 9.11. The van der Waals surface area contributed by atoms with Crippen molar-refractivity contribution in [3.05, 3.63) is 0 Å². The Hall–Kier alpha value is -0.110. The molecular weight excluding hydrogens is 141 g/mol. The summed E-state index contributed by atoms with van der Waals surface area (Å²) in [7, 11) is 0. The van der Waals surface area contributed by atoms with Crippen LogP contribution in [0.3, 0.4) is 0 Å². The molecule has 1 aliphatic rings. The van der Waals surface area contributed by atoms with Crippen LogP contribution in [-0.2, 0) is 0 Å². The molecule has 1 rings (SSSR count). The van der Waals surface area contributed by atoms with Gasteiger partial charge in [0.05, 0.1) is 0 Å². The largest absolute Gasteiger partial charge is 0.314 e. The second-order valence-corrected chi connectivity index (χ2v) is 1.94. The SMILES string of the molecule is CC.CC.FC1CCCNC1. The van der Waals surface area contributed by atoms with E-state index in [1.165, 1.54) is 0 Å². The van der Waals surface area contributed by atoms with Gasteiger partial charge in [0.25, 0.3) is 0 Å². The van der Waals surface area contributed by atoms with Crippen LogP contribution in [0.4, 0.5) is 4.39 Å². The van der Waals surface area contributed by atoms with E-state index >= 15 is 0 Å². The van der Waals surface area contributed by atoms with Crippen LogP contribution < -0.4 is 5.32 Å². The Morgan fingerprint density at radius 1 is 1.18 bits per heavy atom. The van der Waals surface area contributed by atoms with Gasteiger partial charge in [0.15, 0.2) is 0 Å². The molecule has 70 valence electrons. The second-order valence-electron chi connectivity index (χ2n) is 1.94. The maximum absolute atomic E-state index is 12.1. The molecular formula is C9H22FN. The van der Waals surface area contributed by atoms with Gasteiger partial charge in [0.1, 0.15) is 6.17 Å². The van der Waals surface area contributed by atoms with Gasteiger partial charge in [-0.3, -0.25) is 0 Å². The zero-order valence-corrected chi connectivity index (χ0v) is 8.28. The summed E-state index contributed by atoms with van der Waals surface area (Å²) < 4.78 is 12.1. The molecule has 1 N–H and O–H groups in total. The van der Waals surface area contributed by atoms with Crippen molar-refractivity contribution >= 4 is 0 Å². The normalized spacial score (nSPS) is 22.1. The monoisotopic (exact) mass is 163 g/mol. The number of alkyl halides is 1. The summed E-state index contributed by atoms with van der Waals surface area (Å²) in [6.07, 6.45) is 1.18. The first-order chi connectivity index (χ1) is 5.39. The minimum Gasteiger partial charge on any atom is -0.314 e. The highest BCUT2D eigenvalue weighted by Crippen LogP contribution is 2.03. The fraction of sp³-hybridized carbons (Fsp3) is 1.00. The lowest BCUT2D eigenvalue weighted by molar-refractivity contribution is 0.266. The van der Waals surface area contributed by atoms with Gasteiger partial charge >= 0.3 is 0 Å². The van der Waals surface area contributed by atoms with Gasteiger partial charge in [-0.15, -0.1) is 0 Å². The van der Waals surface area contributed by atoms with Gasteiger partial charge in [-0.2, -0.15) is 0 Å². The topological polar surface area (TPSA) is 12.0 Å². The minimum atomic E-state index is -0.575. The van der Waals surface area contributed by atoms with Crippen molar-refractivity contribution in [1.82, 2.24) is 5.32 Å². The Balaban J connectivity index is 0. The third-order valence-corrected chi connectivity index (χ3v) is 1.24. The molecule has 0 amide bonds. The maximum atomic E-state index is 12.1. The quantitative estimate of drug-likeness (QED) is 0.579. The van der Waals surface area contributed by atoms with Crippen LogP contribution in [-0.4, -0.2) is 19.3 Å². The lowest BCUT2D eigenvalue weighted by Crippen LogP contribution is -2.30. The highest BCUT2D eigenvalue weighted by Gasteiger charge is 2.08. The first-order valence-electron chi connectivity index (χ1n) is 4.74. The average Bonchev–Trinajstić information content (AvgIpc) is 2.13. The van der Waals surface area contributed by atoms with Crippen molar-refractivity contribution < 1.29 is 4.39 Å². The molecule has 0 radical (unpaired) electrons. The van der Waals surface area contributed by atoms with E-state index in [9.17, 15) is 4.39 Å². The van der Waals surface area contributed by atoms with E-state index in [1.54, 1.807) is 0 Å². The van der Waals surface area contributed by atoms with E-state index in [1.807, 2.05) is 27.7 Å². The molecule has 0 bridgehead atoms. The number of hydrogen-bond donors (Lipinski definition) is 1. The van der Waals surface area contributed by atoms with Crippen molar-refractivity contribution in [1.29, 1.82) is 0 Å².